The number of hydrogen-bond acceptors (Lipinski definition) is 4. The van der Waals surface area contributed by atoms with Crippen LogP contribution in [0.4, 0.5) is 4.79 Å². The van der Waals surface area contributed by atoms with Gasteiger partial charge in [-0.1, -0.05) is 12.1 Å². The third kappa shape index (κ3) is 4.93. The number of amides is 1. The molecule has 0 unspecified atom stereocenters. The van der Waals surface area contributed by atoms with E-state index in [-0.39, 0.29) is 6.09 Å². The second-order valence-electron chi connectivity index (χ2n) is 5.13. The highest BCUT2D eigenvalue weighted by atomic mass is 32.2. The Morgan fingerprint density at radius 3 is 2.43 bits per heavy atom. The van der Waals surface area contributed by atoms with Crippen LogP contribution in [0, 0.1) is 0 Å². The van der Waals surface area contributed by atoms with Gasteiger partial charge >= 0.3 is 6.09 Å². The Morgan fingerprint density at radius 1 is 1.19 bits per heavy atom. The van der Waals surface area contributed by atoms with E-state index < -0.39 is 0 Å². The molecule has 1 aromatic rings. The molecule has 0 spiro atoms. The number of carbonyl (C=O) groups is 1. The van der Waals surface area contributed by atoms with Crippen molar-refractivity contribution in [1.82, 2.24) is 9.80 Å². The molecule has 1 amide bonds. The predicted molar refractivity (Wildman–Crippen MR) is 87.0 cm³/mol. The second kappa shape index (κ2) is 8.29. The summed E-state index contributed by atoms with van der Waals surface area (Å²) in [7, 11) is 0. The highest BCUT2D eigenvalue weighted by Crippen LogP contribution is 2.15. The van der Waals surface area contributed by atoms with Crippen molar-refractivity contribution < 1.29 is 9.53 Å². The van der Waals surface area contributed by atoms with E-state index in [9.17, 15) is 4.79 Å². The number of nitrogens with zero attached hydrogens (tertiary/aromatic N) is 2. The van der Waals surface area contributed by atoms with Crippen LogP contribution in [0.5, 0.6) is 0 Å². The summed E-state index contributed by atoms with van der Waals surface area (Å²) < 4.78 is 5.03. The van der Waals surface area contributed by atoms with Crippen molar-refractivity contribution in [3.05, 3.63) is 29.8 Å². The first-order valence-electron chi connectivity index (χ1n) is 7.50. The topological polar surface area (TPSA) is 32.8 Å². The fourth-order valence-electron chi connectivity index (χ4n) is 2.45. The lowest BCUT2D eigenvalue weighted by Gasteiger charge is -2.34. The lowest BCUT2D eigenvalue weighted by molar-refractivity contribution is 0.0799. The molecule has 0 N–H and O–H groups in total. The largest absolute Gasteiger partial charge is 0.450 e. The van der Waals surface area contributed by atoms with E-state index in [1.54, 1.807) is 16.7 Å². The zero-order chi connectivity index (χ0) is 15.1. The van der Waals surface area contributed by atoms with E-state index in [1.807, 2.05) is 6.92 Å². The molecule has 0 aliphatic carbocycles. The summed E-state index contributed by atoms with van der Waals surface area (Å²) >= 11 is 1.77. The van der Waals surface area contributed by atoms with Crippen LogP contribution in [-0.4, -0.2) is 61.5 Å². The standard InChI is InChI=1S/C16H24N2O2S/c1-3-20-16(19)18-12-10-17(11-13-18)9-8-14-4-6-15(21-2)7-5-14/h4-7H,3,8-13H2,1-2H3. The zero-order valence-electron chi connectivity index (χ0n) is 12.9. The number of rotatable bonds is 5. The van der Waals surface area contributed by atoms with Gasteiger partial charge in [0.15, 0.2) is 0 Å². The predicted octanol–water partition coefficient (Wildman–Crippen LogP) is 2.73. The smallest absolute Gasteiger partial charge is 0.409 e. The Kier molecular flexibility index (Phi) is 6.39. The molecule has 21 heavy (non-hydrogen) atoms. The van der Waals surface area contributed by atoms with Crippen LogP contribution < -0.4 is 0 Å². The van der Waals surface area contributed by atoms with Crippen LogP contribution in [0.2, 0.25) is 0 Å². The molecule has 116 valence electrons. The third-order valence-corrected chi connectivity index (χ3v) is 4.52. The van der Waals surface area contributed by atoms with Gasteiger partial charge in [-0.3, -0.25) is 4.90 Å². The van der Waals surface area contributed by atoms with Crippen LogP contribution in [0.15, 0.2) is 29.2 Å². The SMILES string of the molecule is CCOC(=O)N1CCN(CCc2ccc(SC)cc2)CC1. The maximum absolute atomic E-state index is 11.6. The molecule has 1 aromatic carbocycles. The molecule has 0 saturated carbocycles. The average Bonchev–Trinajstić information content (AvgIpc) is 2.54. The Hall–Kier alpha value is -1.20. The Balaban J connectivity index is 1.72. The van der Waals surface area contributed by atoms with Crippen LogP contribution in [0.1, 0.15) is 12.5 Å². The number of thioether (sulfide) groups is 1. The Bertz CT molecular complexity index is 442. The monoisotopic (exact) mass is 308 g/mol. The van der Waals surface area contributed by atoms with Gasteiger partial charge in [-0.2, -0.15) is 0 Å². The molecule has 0 radical (unpaired) electrons. The minimum Gasteiger partial charge on any atom is -0.450 e. The lowest BCUT2D eigenvalue weighted by Crippen LogP contribution is -2.49. The third-order valence-electron chi connectivity index (χ3n) is 3.77. The van der Waals surface area contributed by atoms with Gasteiger partial charge in [0.2, 0.25) is 0 Å². The van der Waals surface area contributed by atoms with Gasteiger partial charge in [0, 0.05) is 37.6 Å². The summed E-state index contributed by atoms with van der Waals surface area (Å²) in [5.74, 6) is 0. The molecule has 5 heteroatoms. The van der Waals surface area contributed by atoms with Gasteiger partial charge in [0.05, 0.1) is 6.61 Å². The number of ether oxygens (including phenoxy) is 1. The quantitative estimate of drug-likeness (QED) is 0.783. The van der Waals surface area contributed by atoms with Crippen molar-refractivity contribution in [1.29, 1.82) is 0 Å². The van der Waals surface area contributed by atoms with Gasteiger partial charge in [0.25, 0.3) is 0 Å². The maximum atomic E-state index is 11.6. The van der Waals surface area contributed by atoms with E-state index in [2.05, 4.69) is 35.4 Å². The first-order valence-corrected chi connectivity index (χ1v) is 8.72. The highest BCUT2D eigenvalue weighted by Gasteiger charge is 2.21. The molecular formula is C16H24N2O2S. The number of benzene rings is 1. The molecule has 2 rings (SSSR count). The van der Waals surface area contributed by atoms with Crippen molar-refractivity contribution in [3.8, 4) is 0 Å². The van der Waals surface area contributed by atoms with Gasteiger partial charge in [0.1, 0.15) is 0 Å². The van der Waals surface area contributed by atoms with Crippen LogP contribution in [0.25, 0.3) is 0 Å². The van der Waals surface area contributed by atoms with Crippen molar-refractivity contribution in [2.45, 2.75) is 18.2 Å². The summed E-state index contributed by atoms with van der Waals surface area (Å²) in [5, 5.41) is 0. The molecule has 1 aliphatic heterocycles. The van der Waals surface area contributed by atoms with Gasteiger partial charge in [-0.05, 0) is 37.3 Å². The van der Waals surface area contributed by atoms with Gasteiger partial charge < -0.3 is 9.64 Å². The molecule has 1 saturated heterocycles. The molecule has 0 bridgehead atoms. The molecule has 0 atom stereocenters. The molecule has 1 heterocycles. The maximum Gasteiger partial charge on any atom is 0.409 e. The van der Waals surface area contributed by atoms with Crippen molar-refractivity contribution in [2.24, 2.45) is 0 Å². The summed E-state index contributed by atoms with van der Waals surface area (Å²) in [6.07, 6.45) is 2.98. The first-order chi connectivity index (χ1) is 10.2. The average molecular weight is 308 g/mol. The minimum absolute atomic E-state index is 0.176. The molecular weight excluding hydrogens is 284 g/mol. The Morgan fingerprint density at radius 2 is 1.86 bits per heavy atom. The van der Waals surface area contributed by atoms with E-state index >= 15 is 0 Å². The normalized spacial score (nSPS) is 16.0. The highest BCUT2D eigenvalue weighted by molar-refractivity contribution is 7.98. The fourth-order valence-corrected chi connectivity index (χ4v) is 2.86. The number of hydrogen-bond donors (Lipinski definition) is 0. The van der Waals surface area contributed by atoms with Crippen molar-refractivity contribution in [2.75, 3.05) is 45.6 Å². The summed E-state index contributed by atoms with van der Waals surface area (Å²) in [5.41, 5.74) is 1.38. The molecule has 0 aromatic heterocycles. The van der Waals surface area contributed by atoms with Crippen molar-refractivity contribution >= 4 is 17.9 Å². The van der Waals surface area contributed by atoms with E-state index in [1.165, 1.54) is 10.5 Å². The van der Waals surface area contributed by atoms with Crippen LogP contribution >= 0.6 is 11.8 Å². The minimum atomic E-state index is -0.176. The van der Waals surface area contributed by atoms with E-state index in [0.717, 1.165) is 39.1 Å². The summed E-state index contributed by atoms with van der Waals surface area (Å²) in [4.78, 5) is 17.1. The van der Waals surface area contributed by atoms with E-state index in [0.29, 0.717) is 6.61 Å². The number of carbonyl (C=O) groups excluding carboxylic acids is 1. The molecule has 4 nitrogen and oxygen atoms in total. The second-order valence-corrected chi connectivity index (χ2v) is 6.01. The Labute approximate surface area is 131 Å². The van der Waals surface area contributed by atoms with Crippen LogP contribution in [-0.2, 0) is 11.2 Å². The number of piperazine rings is 1. The lowest BCUT2D eigenvalue weighted by atomic mass is 10.1. The van der Waals surface area contributed by atoms with Gasteiger partial charge in [-0.25, -0.2) is 4.79 Å². The summed E-state index contributed by atoms with van der Waals surface area (Å²) in [6.45, 7) is 6.74. The van der Waals surface area contributed by atoms with Crippen LogP contribution in [0.3, 0.4) is 0 Å². The van der Waals surface area contributed by atoms with Gasteiger partial charge in [-0.15, -0.1) is 11.8 Å². The van der Waals surface area contributed by atoms with E-state index in [4.69, 9.17) is 4.74 Å². The molecule has 1 fully saturated rings. The first kappa shape index (κ1) is 16.2. The van der Waals surface area contributed by atoms with Crippen molar-refractivity contribution in [3.63, 3.8) is 0 Å². The fraction of sp³-hybridized carbons (Fsp3) is 0.562. The zero-order valence-corrected chi connectivity index (χ0v) is 13.7. The summed E-state index contributed by atoms with van der Waals surface area (Å²) in [6, 6.07) is 8.78. The molecule has 1 aliphatic rings.